The van der Waals surface area contributed by atoms with Gasteiger partial charge in [-0.1, -0.05) is 7.11 Å². The Bertz CT molecular complexity index is 12.1. The van der Waals surface area contributed by atoms with Gasteiger partial charge in [-0.15, -0.1) is 0 Å². The SMILES string of the molecule is COCO.[CH2-][OH2+].[Y]. The summed E-state index contributed by atoms with van der Waals surface area (Å²) in [6.45, 7) is -0.181. The zero-order valence-electron chi connectivity index (χ0n) is 4.35. The Hall–Kier alpha value is 0.984. The number of methoxy groups -OCH3 is 1. The fraction of sp³-hybridized carbons (Fsp3) is 0.667. The number of aliphatic hydroxyl groups is 1. The molecule has 0 amide bonds. The molecular formula is C3H10O3Y. The first-order chi connectivity index (χ1) is 2.91. The van der Waals surface area contributed by atoms with Crippen LogP contribution < -0.4 is 0 Å². The fourth-order valence-corrected chi connectivity index (χ4v) is 0. The van der Waals surface area contributed by atoms with Gasteiger partial charge in [0.05, 0.1) is 0 Å². The van der Waals surface area contributed by atoms with Gasteiger partial charge in [0, 0.05) is 39.8 Å². The first-order valence-corrected chi connectivity index (χ1v) is 1.37. The maximum atomic E-state index is 7.65. The molecule has 3 nitrogen and oxygen atoms in total. The van der Waals surface area contributed by atoms with Crippen molar-refractivity contribution in [2.24, 2.45) is 0 Å². The van der Waals surface area contributed by atoms with Crippen LogP contribution in [0.25, 0.3) is 0 Å². The molecule has 4 heteroatoms. The molecule has 0 aromatic rings. The molecule has 0 aliphatic heterocycles. The summed E-state index contributed by atoms with van der Waals surface area (Å²) in [7, 11) is 3.93. The predicted molar refractivity (Wildman–Crippen MR) is 23.1 cm³/mol. The van der Waals surface area contributed by atoms with Gasteiger partial charge in [0.25, 0.3) is 0 Å². The second kappa shape index (κ2) is 28.1. The van der Waals surface area contributed by atoms with Crippen molar-refractivity contribution in [2.45, 2.75) is 0 Å². The van der Waals surface area contributed by atoms with Crippen LogP contribution in [0.1, 0.15) is 0 Å². The van der Waals surface area contributed by atoms with Gasteiger partial charge < -0.3 is 14.9 Å². The summed E-state index contributed by atoms with van der Waals surface area (Å²) in [4.78, 5) is 0. The van der Waals surface area contributed by atoms with E-state index in [0.29, 0.717) is 0 Å². The maximum absolute atomic E-state index is 7.65. The van der Waals surface area contributed by atoms with Gasteiger partial charge >= 0.3 is 0 Å². The van der Waals surface area contributed by atoms with Crippen LogP contribution in [-0.2, 0) is 37.4 Å². The predicted octanol–water partition coefficient (Wildman–Crippen LogP) is -0.917. The van der Waals surface area contributed by atoms with Crippen molar-refractivity contribution in [1.29, 1.82) is 0 Å². The van der Waals surface area contributed by atoms with E-state index in [1.54, 1.807) is 0 Å². The molecule has 1 radical (unpaired) electrons. The van der Waals surface area contributed by atoms with Crippen molar-refractivity contribution in [3.63, 3.8) is 0 Å². The van der Waals surface area contributed by atoms with Crippen LogP contribution in [0.15, 0.2) is 0 Å². The monoisotopic (exact) mass is 183 g/mol. The molecule has 0 heterocycles. The molecule has 0 atom stereocenters. The van der Waals surface area contributed by atoms with E-state index >= 15 is 0 Å². The van der Waals surface area contributed by atoms with E-state index in [2.05, 4.69) is 11.8 Å². The van der Waals surface area contributed by atoms with Gasteiger partial charge in [0.1, 0.15) is 6.79 Å². The van der Waals surface area contributed by atoms with E-state index in [1.807, 2.05) is 0 Å². The van der Waals surface area contributed by atoms with Crippen molar-refractivity contribution < 1.29 is 47.7 Å². The van der Waals surface area contributed by atoms with E-state index in [1.165, 1.54) is 7.11 Å². The van der Waals surface area contributed by atoms with Crippen LogP contribution in [0.5, 0.6) is 0 Å². The van der Waals surface area contributed by atoms with E-state index in [9.17, 15) is 0 Å². The van der Waals surface area contributed by atoms with Crippen LogP contribution in [0.3, 0.4) is 0 Å². The quantitative estimate of drug-likeness (QED) is 0.324. The second-order valence-corrected chi connectivity index (χ2v) is 0.418. The summed E-state index contributed by atoms with van der Waals surface area (Å²) < 4.78 is 4.10. The van der Waals surface area contributed by atoms with Gasteiger partial charge in [-0.05, 0) is 0 Å². The summed E-state index contributed by atoms with van der Waals surface area (Å²) in [5, 5.41) is 13.2. The van der Waals surface area contributed by atoms with Crippen LogP contribution in [0.2, 0.25) is 0 Å². The van der Waals surface area contributed by atoms with Crippen molar-refractivity contribution in [2.75, 3.05) is 13.9 Å². The Balaban J connectivity index is -0.0000000480. The van der Waals surface area contributed by atoms with Crippen molar-refractivity contribution >= 4 is 0 Å². The number of ether oxygens (including phenoxy) is 1. The topological polar surface area (TPSA) is 52.4 Å². The summed E-state index contributed by atoms with van der Waals surface area (Å²) in [5.74, 6) is 0. The molecule has 0 rings (SSSR count). The van der Waals surface area contributed by atoms with Crippen molar-refractivity contribution in [3.05, 3.63) is 7.11 Å². The molecule has 0 saturated heterocycles. The summed E-state index contributed by atoms with van der Waals surface area (Å²) in [5.41, 5.74) is 0. The minimum absolute atomic E-state index is 0. The summed E-state index contributed by atoms with van der Waals surface area (Å²) in [6, 6.07) is 0. The third-order valence-electron chi connectivity index (χ3n) is 0.129. The average Bonchev–Trinajstić information content (AvgIpc) is 1.72. The van der Waals surface area contributed by atoms with E-state index < -0.39 is 0 Å². The molecule has 43 valence electrons. The first kappa shape index (κ1) is 15.7. The van der Waals surface area contributed by atoms with Gasteiger partial charge in [-0.3, -0.25) is 0 Å². The van der Waals surface area contributed by atoms with E-state index in [0.717, 1.165) is 0 Å². The number of hydrogen-bond acceptors (Lipinski definition) is 2. The Morgan fingerprint density at radius 3 is 1.86 bits per heavy atom. The molecule has 0 aromatic heterocycles. The van der Waals surface area contributed by atoms with Gasteiger partial charge in [0.2, 0.25) is 0 Å². The Morgan fingerprint density at radius 2 is 1.86 bits per heavy atom. The molecule has 3 N–H and O–H groups in total. The number of rotatable bonds is 1. The van der Waals surface area contributed by atoms with Gasteiger partial charge in [0.15, 0.2) is 0 Å². The maximum Gasteiger partial charge on any atom is 0.143 e. The molecule has 0 unspecified atom stereocenters. The molecule has 0 saturated carbocycles. The van der Waals surface area contributed by atoms with E-state index in [4.69, 9.17) is 10.2 Å². The largest absolute Gasteiger partial charge is 0.593 e. The molecule has 0 aliphatic carbocycles. The van der Waals surface area contributed by atoms with Crippen LogP contribution in [-0.4, -0.2) is 24.1 Å². The van der Waals surface area contributed by atoms with Gasteiger partial charge in [-0.25, -0.2) is 0 Å². The molecule has 0 aliphatic rings. The summed E-state index contributed by atoms with van der Waals surface area (Å²) >= 11 is 0. The smallest absolute Gasteiger partial charge is 0.143 e. The molecule has 0 fully saturated rings. The standard InChI is InChI=1S/C2H6O2.CH4O.Y/c1-4-2-3;1-2;/h3H,2H2,1H3;1-2H2;. The Kier molecular flexibility index (Phi) is 62.9. The minimum Gasteiger partial charge on any atom is -0.593 e. The molecule has 7 heavy (non-hydrogen) atoms. The molecule has 0 spiro atoms. The van der Waals surface area contributed by atoms with Gasteiger partial charge in [-0.2, -0.15) is 0 Å². The molecular weight excluding hydrogens is 173 g/mol. The third kappa shape index (κ3) is 44.1. The Labute approximate surface area is 68.6 Å². The normalized spacial score (nSPS) is 5.14. The van der Waals surface area contributed by atoms with Crippen LogP contribution >= 0.6 is 0 Å². The van der Waals surface area contributed by atoms with Crippen molar-refractivity contribution in [3.8, 4) is 0 Å². The first-order valence-electron chi connectivity index (χ1n) is 1.37. The van der Waals surface area contributed by atoms with Crippen molar-refractivity contribution in [1.82, 2.24) is 0 Å². The molecule has 0 aromatic carbocycles. The second-order valence-electron chi connectivity index (χ2n) is 0.418. The Morgan fingerprint density at radius 1 is 1.71 bits per heavy atom. The fourth-order valence-electron chi connectivity index (χ4n) is 0. The average molecular weight is 183 g/mol. The third-order valence-corrected chi connectivity index (χ3v) is 0.129. The van der Waals surface area contributed by atoms with Crippen LogP contribution in [0.4, 0.5) is 0 Å². The zero-order chi connectivity index (χ0) is 5.41. The minimum atomic E-state index is -0.181. The van der Waals surface area contributed by atoms with E-state index in [-0.39, 0.29) is 39.5 Å². The molecule has 0 bridgehead atoms. The number of hydrogen-bond donors (Lipinski definition) is 1. The number of aliphatic hydroxyl groups excluding tert-OH is 1. The van der Waals surface area contributed by atoms with Crippen LogP contribution in [0, 0.1) is 7.11 Å². The summed E-state index contributed by atoms with van der Waals surface area (Å²) in [6.07, 6.45) is 0. The zero-order valence-corrected chi connectivity index (χ0v) is 7.19.